The molecule has 0 spiro atoms. The zero-order chi connectivity index (χ0) is 18.4. The number of nitrogens with zero attached hydrogens (tertiary/aromatic N) is 2. The molecule has 6 heteroatoms. The van der Waals surface area contributed by atoms with Gasteiger partial charge >= 0.3 is 0 Å². The number of unbranched alkanes of at least 4 members (excludes halogenated alkanes) is 3. The van der Waals surface area contributed by atoms with Crippen LogP contribution in [0.4, 0.5) is 0 Å². The fraction of sp³-hybridized carbons (Fsp3) is 1.00. The standard InChI is InChI=1S/C18H39IN2S3/c1-7-9-10-11-14-23-24-18(5,6)15-20(8-2)12-13-21(19)16-22-17(3)4/h17H,7-16H2,1-6H3. The van der Waals surface area contributed by atoms with Gasteiger partial charge in [0.2, 0.25) is 0 Å². The Morgan fingerprint density at radius 2 is 1.75 bits per heavy atom. The summed E-state index contributed by atoms with van der Waals surface area (Å²) in [5.41, 5.74) is 0. The van der Waals surface area contributed by atoms with Crippen LogP contribution in [0.3, 0.4) is 0 Å². The van der Waals surface area contributed by atoms with Crippen molar-refractivity contribution in [2.24, 2.45) is 0 Å². The third-order valence-corrected chi connectivity index (χ3v) is 9.40. The van der Waals surface area contributed by atoms with E-state index in [0.29, 0.717) is 10.00 Å². The first-order valence-electron chi connectivity index (χ1n) is 9.36. The third-order valence-electron chi connectivity index (χ3n) is 3.62. The largest absolute Gasteiger partial charge is 0.301 e. The lowest BCUT2D eigenvalue weighted by Gasteiger charge is -2.32. The molecule has 0 saturated heterocycles. The summed E-state index contributed by atoms with van der Waals surface area (Å²) in [6.07, 6.45) is 5.49. The molecule has 0 rings (SSSR count). The molecule has 0 aliphatic carbocycles. The van der Waals surface area contributed by atoms with Crippen LogP contribution in [0.15, 0.2) is 0 Å². The quantitative estimate of drug-likeness (QED) is 0.0745. The van der Waals surface area contributed by atoms with E-state index in [4.69, 9.17) is 0 Å². The molecule has 0 fully saturated rings. The minimum Gasteiger partial charge on any atom is -0.301 e. The highest BCUT2D eigenvalue weighted by Crippen LogP contribution is 2.36. The SMILES string of the molecule is CCCCCCSSC(C)(C)CN(CC)CCN(I)CSC(C)C. The third kappa shape index (κ3) is 15.9. The number of thioether (sulfide) groups is 1. The van der Waals surface area contributed by atoms with E-state index in [2.05, 4.69) is 94.0 Å². The van der Waals surface area contributed by atoms with E-state index >= 15 is 0 Å². The van der Waals surface area contributed by atoms with Crippen LogP contribution in [0.25, 0.3) is 0 Å². The first kappa shape index (κ1) is 25.7. The van der Waals surface area contributed by atoms with Crippen molar-refractivity contribution in [3.8, 4) is 0 Å². The number of hydrogen-bond acceptors (Lipinski definition) is 5. The molecule has 0 aromatic heterocycles. The highest BCUT2D eigenvalue weighted by atomic mass is 127. The fourth-order valence-corrected chi connectivity index (χ4v) is 6.21. The Kier molecular flexibility index (Phi) is 16.8. The molecule has 2 nitrogen and oxygen atoms in total. The molecule has 0 heterocycles. The number of rotatable bonds is 16. The van der Waals surface area contributed by atoms with Crippen molar-refractivity contribution < 1.29 is 0 Å². The summed E-state index contributed by atoms with van der Waals surface area (Å²) < 4.78 is 2.75. The predicted octanol–water partition coefficient (Wildman–Crippen LogP) is 6.80. The van der Waals surface area contributed by atoms with Gasteiger partial charge in [-0.1, -0.05) is 68.5 Å². The van der Waals surface area contributed by atoms with Crippen LogP contribution in [-0.4, -0.2) is 55.8 Å². The number of hydrogen-bond donors (Lipinski definition) is 0. The lowest BCUT2D eigenvalue weighted by molar-refractivity contribution is 0.259. The van der Waals surface area contributed by atoms with E-state index in [0.717, 1.165) is 19.0 Å². The molecular weight excluding hydrogens is 467 g/mol. The average molecular weight is 507 g/mol. The zero-order valence-corrected chi connectivity index (χ0v) is 21.3. The van der Waals surface area contributed by atoms with Crippen molar-refractivity contribution in [3.05, 3.63) is 0 Å². The molecule has 0 unspecified atom stereocenters. The van der Waals surface area contributed by atoms with Gasteiger partial charge in [0.05, 0.1) is 5.88 Å². The average Bonchev–Trinajstić information content (AvgIpc) is 2.52. The Hall–Kier alpha value is 1.70. The Balaban J connectivity index is 3.96. The van der Waals surface area contributed by atoms with Crippen LogP contribution in [0.1, 0.15) is 67.2 Å². The molecule has 0 aliphatic rings. The van der Waals surface area contributed by atoms with Crippen LogP contribution >= 0.6 is 56.2 Å². The van der Waals surface area contributed by atoms with Crippen molar-refractivity contribution in [3.63, 3.8) is 0 Å². The van der Waals surface area contributed by atoms with Crippen LogP contribution in [0.2, 0.25) is 0 Å². The normalized spacial score (nSPS) is 12.8. The molecule has 0 bridgehead atoms. The van der Waals surface area contributed by atoms with Gasteiger partial charge in [0, 0.05) is 58.2 Å². The fourth-order valence-electron chi connectivity index (χ4n) is 2.25. The van der Waals surface area contributed by atoms with Crippen molar-refractivity contribution in [1.29, 1.82) is 0 Å². The first-order chi connectivity index (χ1) is 11.3. The maximum absolute atomic E-state index is 2.61. The smallest absolute Gasteiger partial charge is 0.0541 e. The highest BCUT2D eigenvalue weighted by molar-refractivity contribution is 14.1. The van der Waals surface area contributed by atoms with E-state index in [1.54, 1.807) is 0 Å². The van der Waals surface area contributed by atoms with Crippen molar-refractivity contribution in [2.45, 2.75) is 77.2 Å². The van der Waals surface area contributed by atoms with E-state index < -0.39 is 0 Å². The highest BCUT2D eigenvalue weighted by Gasteiger charge is 2.22. The summed E-state index contributed by atoms with van der Waals surface area (Å²) in [6, 6.07) is 0. The Labute approximate surface area is 178 Å². The Bertz CT molecular complexity index is 291. The summed E-state index contributed by atoms with van der Waals surface area (Å²) in [7, 11) is 4.16. The van der Waals surface area contributed by atoms with Crippen molar-refractivity contribution in [1.82, 2.24) is 8.01 Å². The molecule has 0 N–H and O–H groups in total. The monoisotopic (exact) mass is 506 g/mol. The minimum atomic E-state index is 0.328. The zero-order valence-electron chi connectivity index (χ0n) is 16.6. The second kappa shape index (κ2) is 15.7. The van der Waals surface area contributed by atoms with E-state index in [1.165, 1.54) is 44.5 Å². The first-order valence-corrected chi connectivity index (χ1v) is 13.7. The number of likely N-dealkylation sites (N-methyl/N-ethyl adjacent to an activating group) is 1. The minimum absolute atomic E-state index is 0.328. The van der Waals surface area contributed by atoms with Gasteiger partial charge in [-0.05, 0) is 26.8 Å². The number of halogens is 1. The van der Waals surface area contributed by atoms with E-state index in [-0.39, 0.29) is 0 Å². The second-order valence-corrected chi connectivity index (χ2v) is 13.1. The maximum Gasteiger partial charge on any atom is 0.0541 e. The summed E-state index contributed by atoms with van der Waals surface area (Å²) in [6.45, 7) is 18.6. The summed E-state index contributed by atoms with van der Waals surface area (Å²) >= 11 is 4.50. The molecule has 0 aliphatic heterocycles. The molecule has 0 atom stereocenters. The van der Waals surface area contributed by atoms with Gasteiger partial charge in [0.15, 0.2) is 0 Å². The topological polar surface area (TPSA) is 6.48 Å². The lowest BCUT2D eigenvalue weighted by atomic mass is 10.2. The van der Waals surface area contributed by atoms with Gasteiger partial charge in [0.1, 0.15) is 0 Å². The van der Waals surface area contributed by atoms with Gasteiger partial charge in [0.25, 0.3) is 0 Å². The van der Waals surface area contributed by atoms with Gasteiger partial charge in [-0.3, -0.25) is 0 Å². The maximum atomic E-state index is 2.61. The Morgan fingerprint density at radius 1 is 1.04 bits per heavy atom. The molecule has 0 saturated carbocycles. The summed E-state index contributed by atoms with van der Waals surface area (Å²) in [5, 5.41) is 0.717. The molecule has 24 heavy (non-hydrogen) atoms. The van der Waals surface area contributed by atoms with Gasteiger partial charge < -0.3 is 4.90 Å². The van der Waals surface area contributed by atoms with Gasteiger partial charge in [-0.15, -0.1) is 11.8 Å². The molecule has 0 radical (unpaired) electrons. The molecule has 0 amide bonds. The lowest BCUT2D eigenvalue weighted by Crippen LogP contribution is -2.39. The second-order valence-electron chi connectivity index (χ2n) is 7.13. The van der Waals surface area contributed by atoms with Crippen LogP contribution < -0.4 is 0 Å². The molecule has 0 aromatic rings. The van der Waals surface area contributed by atoms with E-state index in [9.17, 15) is 0 Å². The summed E-state index contributed by atoms with van der Waals surface area (Å²) in [4.78, 5) is 2.61. The Morgan fingerprint density at radius 3 is 2.33 bits per heavy atom. The molecule has 0 aromatic carbocycles. The summed E-state index contributed by atoms with van der Waals surface area (Å²) in [5.74, 6) is 2.43. The van der Waals surface area contributed by atoms with Crippen molar-refractivity contribution >= 4 is 56.2 Å². The molecule has 146 valence electrons. The van der Waals surface area contributed by atoms with Gasteiger partial charge in [-0.25, -0.2) is 3.11 Å². The molecular formula is C18H39IN2S3. The van der Waals surface area contributed by atoms with Gasteiger partial charge in [-0.2, -0.15) is 0 Å². The van der Waals surface area contributed by atoms with E-state index in [1.807, 2.05) is 11.8 Å². The van der Waals surface area contributed by atoms with Crippen molar-refractivity contribution in [2.75, 3.05) is 37.8 Å². The van der Waals surface area contributed by atoms with Crippen LogP contribution in [0, 0.1) is 0 Å². The van der Waals surface area contributed by atoms with Crippen LogP contribution in [0.5, 0.6) is 0 Å². The predicted molar refractivity (Wildman–Crippen MR) is 129 cm³/mol. The van der Waals surface area contributed by atoms with Crippen LogP contribution in [-0.2, 0) is 0 Å².